The number of carbonyl (C=O) groups excluding carboxylic acids is 2. The normalized spacial score (nSPS) is 20.4. The lowest BCUT2D eigenvalue weighted by Gasteiger charge is -2.35. The fourth-order valence-electron chi connectivity index (χ4n) is 9.14. The molecule has 1 amide bonds. The van der Waals surface area contributed by atoms with Crippen molar-refractivity contribution in [1.82, 2.24) is 9.80 Å². The van der Waals surface area contributed by atoms with Crippen LogP contribution in [0.1, 0.15) is 105 Å². The van der Waals surface area contributed by atoms with E-state index in [1.54, 1.807) is 0 Å². The lowest BCUT2D eigenvalue weighted by atomic mass is 9.69. The topological polar surface area (TPSA) is 124 Å². The van der Waals surface area contributed by atoms with E-state index < -0.39 is 17.6 Å². The number of fused-ring (bicyclic) bond motifs is 2. The van der Waals surface area contributed by atoms with Crippen LogP contribution in [0.25, 0.3) is 0 Å². The number of benzene rings is 4. The average molecular weight is 804 g/mol. The largest absolute Gasteiger partial charge is 0.508 e. The summed E-state index contributed by atoms with van der Waals surface area (Å²) in [5, 5.41) is 10.2. The molecule has 2 heterocycles. The minimum atomic E-state index is -0.658. The Morgan fingerprint density at radius 3 is 2.44 bits per heavy atom. The van der Waals surface area contributed by atoms with Crippen LogP contribution in [0.15, 0.2) is 91.0 Å². The maximum atomic E-state index is 12.5. The van der Waals surface area contributed by atoms with Gasteiger partial charge in [-0.25, -0.2) is 0 Å². The standard InChI is InChI=1S/C49H61N3O7/c1-49(2,3)59-46(54)22-21-45(48(50)55)52-31-39-29-42(18-13-38(39)32-56-33-52)57-26-23-34-8-7-24-51(30-34)25-27-58-41-16-11-36(12-17-41)47-43(35-9-5-4-6-10-35)19-14-37-28-40(53)15-20-44(37)47/h4-6,9-13,15-18,20,28-29,34,43,45,47,53H,7-8,14,19,21-27,30-33H2,1-3H3,(H2,50,55)/t34-,43+,45+,47-/m1/s1. The van der Waals surface area contributed by atoms with Gasteiger partial charge in [-0.2, -0.15) is 0 Å². The molecule has 7 rings (SSSR count). The molecule has 59 heavy (non-hydrogen) atoms. The highest BCUT2D eigenvalue weighted by Gasteiger charge is 2.33. The van der Waals surface area contributed by atoms with E-state index in [0.29, 0.717) is 44.0 Å². The fourth-order valence-corrected chi connectivity index (χ4v) is 9.14. The van der Waals surface area contributed by atoms with Crippen molar-refractivity contribution >= 4 is 11.9 Å². The van der Waals surface area contributed by atoms with Gasteiger partial charge >= 0.3 is 5.97 Å². The quantitative estimate of drug-likeness (QED) is 0.115. The number of aromatic hydroxyl groups is 1. The van der Waals surface area contributed by atoms with Crippen molar-refractivity contribution in [3.8, 4) is 17.2 Å². The summed E-state index contributed by atoms with van der Waals surface area (Å²) in [5.41, 5.74) is 12.5. The average Bonchev–Trinajstić information content (AvgIpc) is 3.42. The summed E-state index contributed by atoms with van der Waals surface area (Å²) in [5.74, 6) is 2.30. The zero-order valence-corrected chi connectivity index (χ0v) is 34.9. The Morgan fingerprint density at radius 2 is 1.66 bits per heavy atom. The summed E-state index contributed by atoms with van der Waals surface area (Å²) in [7, 11) is 0. The van der Waals surface area contributed by atoms with Gasteiger partial charge in [-0.3, -0.25) is 19.4 Å². The van der Waals surface area contributed by atoms with Crippen molar-refractivity contribution < 1.29 is 33.6 Å². The fraction of sp³-hybridized carbons (Fsp3) is 0.469. The third-order valence-corrected chi connectivity index (χ3v) is 12.0. The number of ether oxygens (including phenoxy) is 4. The number of esters is 1. The summed E-state index contributed by atoms with van der Waals surface area (Å²) in [6.07, 6.45) is 5.66. The molecule has 0 radical (unpaired) electrons. The first kappa shape index (κ1) is 42.2. The molecule has 4 aromatic rings. The van der Waals surface area contributed by atoms with Crippen LogP contribution in [0.3, 0.4) is 0 Å². The van der Waals surface area contributed by atoms with Gasteiger partial charge in [0.15, 0.2) is 0 Å². The molecule has 0 bridgehead atoms. The predicted octanol–water partition coefficient (Wildman–Crippen LogP) is 8.08. The molecule has 1 fully saturated rings. The number of rotatable bonds is 15. The van der Waals surface area contributed by atoms with Crippen LogP contribution >= 0.6 is 0 Å². The number of likely N-dealkylation sites (tertiary alicyclic amines) is 1. The van der Waals surface area contributed by atoms with Crippen molar-refractivity contribution in [2.45, 2.75) is 102 Å². The van der Waals surface area contributed by atoms with E-state index in [-0.39, 0.29) is 31.5 Å². The Morgan fingerprint density at radius 1 is 0.881 bits per heavy atom. The summed E-state index contributed by atoms with van der Waals surface area (Å²) >= 11 is 0. The van der Waals surface area contributed by atoms with E-state index in [4.69, 9.17) is 24.7 Å². The molecule has 10 heteroatoms. The Labute approximate surface area is 349 Å². The SMILES string of the molecule is CC(C)(C)OC(=O)CC[C@@H](C(N)=O)N1COCc2ccc(OCC[C@H]3CCCN(CCOc4ccc([C@H]5c6ccc(O)cc6CC[C@H]5c5ccccc5)cc4)C3)cc2C1. The van der Waals surface area contributed by atoms with Gasteiger partial charge in [-0.1, -0.05) is 54.6 Å². The molecular formula is C49H61N3O7. The van der Waals surface area contributed by atoms with Gasteiger partial charge in [0.1, 0.15) is 36.2 Å². The summed E-state index contributed by atoms with van der Waals surface area (Å²) in [4.78, 5) is 29.3. The summed E-state index contributed by atoms with van der Waals surface area (Å²) in [6.45, 7) is 10.8. The van der Waals surface area contributed by atoms with Crippen LogP contribution in [0.5, 0.6) is 17.2 Å². The molecule has 2 aliphatic heterocycles. The van der Waals surface area contributed by atoms with E-state index in [0.717, 1.165) is 67.9 Å². The molecule has 0 unspecified atom stereocenters. The molecule has 0 saturated carbocycles. The number of hydrogen-bond acceptors (Lipinski definition) is 9. The van der Waals surface area contributed by atoms with Crippen molar-refractivity contribution in [3.05, 3.63) is 124 Å². The number of nitrogens with two attached hydrogens (primary N) is 1. The van der Waals surface area contributed by atoms with Crippen LogP contribution in [0.2, 0.25) is 0 Å². The van der Waals surface area contributed by atoms with Gasteiger partial charge in [0.2, 0.25) is 5.91 Å². The smallest absolute Gasteiger partial charge is 0.306 e. The maximum Gasteiger partial charge on any atom is 0.306 e. The second-order valence-corrected chi connectivity index (χ2v) is 17.5. The Hall–Kier alpha value is -4.90. The number of amides is 1. The first-order valence-corrected chi connectivity index (χ1v) is 21.4. The van der Waals surface area contributed by atoms with Crippen molar-refractivity contribution in [3.63, 3.8) is 0 Å². The van der Waals surface area contributed by atoms with E-state index in [1.807, 2.05) is 56.0 Å². The number of hydrogen-bond donors (Lipinski definition) is 2. The molecule has 314 valence electrons. The molecule has 0 aromatic heterocycles. The summed E-state index contributed by atoms with van der Waals surface area (Å²) in [6, 6.07) is 30.7. The lowest BCUT2D eigenvalue weighted by molar-refractivity contribution is -0.155. The van der Waals surface area contributed by atoms with Crippen molar-refractivity contribution in [2.75, 3.05) is 39.6 Å². The van der Waals surface area contributed by atoms with Gasteiger partial charge in [-0.15, -0.1) is 0 Å². The maximum absolute atomic E-state index is 12.5. The Kier molecular flexibility index (Phi) is 13.9. The van der Waals surface area contributed by atoms with Crippen molar-refractivity contribution in [1.29, 1.82) is 0 Å². The number of phenolic OH excluding ortho intramolecular Hbond substituents is 1. The van der Waals surface area contributed by atoms with Crippen LogP contribution in [-0.4, -0.2) is 78.0 Å². The minimum Gasteiger partial charge on any atom is -0.508 e. The van der Waals surface area contributed by atoms with Crippen molar-refractivity contribution in [2.24, 2.45) is 11.7 Å². The molecule has 1 saturated heterocycles. The summed E-state index contributed by atoms with van der Waals surface area (Å²) < 4.78 is 24.0. The van der Waals surface area contributed by atoms with E-state index in [1.165, 1.54) is 28.7 Å². The Balaban J connectivity index is 0.877. The monoisotopic (exact) mass is 803 g/mol. The molecule has 1 aliphatic carbocycles. The minimum absolute atomic E-state index is 0.0950. The molecular weight excluding hydrogens is 743 g/mol. The third kappa shape index (κ3) is 11.4. The number of carbonyl (C=O) groups is 2. The van der Waals surface area contributed by atoms with Gasteiger partial charge in [-0.05, 0) is 147 Å². The third-order valence-electron chi connectivity index (χ3n) is 12.0. The van der Waals surface area contributed by atoms with Gasteiger partial charge in [0.05, 0.1) is 19.3 Å². The number of phenols is 1. The second kappa shape index (κ2) is 19.4. The number of piperidine rings is 1. The molecule has 3 N–H and O–H groups in total. The number of primary amides is 1. The first-order valence-electron chi connectivity index (χ1n) is 21.4. The Bertz CT molecular complexity index is 2010. The van der Waals surface area contributed by atoms with Crippen LogP contribution in [0, 0.1) is 5.92 Å². The lowest BCUT2D eigenvalue weighted by Crippen LogP contribution is -2.45. The molecule has 4 atom stereocenters. The van der Waals surface area contributed by atoms with Crippen LogP contribution in [0.4, 0.5) is 0 Å². The number of nitrogens with zero attached hydrogens (tertiary/aromatic N) is 2. The number of aryl methyl sites for hydroxylation is 1. The second-order valence-electron chi connectivity index (χ2n) is 17.5. The van der Waals surface area contributed by atoms with Gasteiger partial charge < -0.3 is 29.8 Å². The highest BCUT2D eigenvalue weighted by Crippen LogP contribution is 2.47. The van der Waals surface area contributed by atoms with E-state index >= 15 is 0 Å². The highest BCUT2D eigenvalue weighted by atomic mass is 16.6. The first-order chi connectivity index (χ1) is 28.5. The zero-order chi connectivity index (χ0) is 41.4. The molecule has 4 aromatic carbocycles. The molecule has 0 spiro atoms. The van der Waals surface area contributed by atoms with Crippen LogP contribution < -0.4 is 15.2 Å². The molecule has 3 aliphatic rings. The van der Waals surface area contributed by atoms with Crippen LogP contribution in [-0.2, 0) is 38.6 Å². The zero-order valence-electron chi connectivity index (χ0n) is 34.9. The predicted molar refractivity (Wildman–Crippen MR) is 228 cm³/mol. The van der Waals surface area contributed by atoms with Gasteiger partial charge in [0, 0.05) is 32.0 Å². The van der Waals surface area contributed by atoms with E-state index in [9.17, 15) is 14.7 Å². The molecule has 10 nitrogen and oxygen atoms in total. The highest BCUT2D eigenvalue weighted by molar-refractivity contribution is 5.81. The van der Waals surface area contributed by atoms with Gasteiger partial charge in [0.25, 0.3) is 0 Å². The van der Waals surface area contributed by atoms with E-state index in [2.05, 4.69) is 65.6 Å².